The maximum atomic E-state index is 13.0. The van der Waals surface area contributed by atoms with Crippen molar-refractivity contribution < 1.29 is 4.79 Å². The third kappa shape index (κ3) is 4.32. The van der Waals surface area contributed by atoms with E-state index < -0.39 is 0 Å². The zero-order valence-corrected chi connectivity index (χ0v) is 18.5. The lowest BCUT2D eigenvalue weighted by Gasteiger charge is -2.34. The lowest BCUT2D eigenvalue weighted by atomic mass is 10.0. The molecule has 1 fully saturated rings. The lowest BCUT2D eigenvalue weighted by Crippen LogP contribution is -2.46. The summed E-state index contributed by atoms with van der Waals surface area (Å²) in [6, 6.07) is 10.6. The molecule has 2 aromatic heterocycles. The Morgan fingerprint density at radius 1 is 1.27 bits per heavy atom. The van der Waals surface area contributed by atoms with Crippen molar-refractivity contribution in [3.05, 3.63) is 62.5 Å². The molecule has 4 rings (SSSR count). The molecular formula is C23H28N4O2S. The van der Waals surface area contributed by atoms with Gasteiger partial charge in [-0.3, -0.25) is 9.59 Å². The number of hydrogen-bond acceptors (Lipinski definition) is 5. The molecule has 0 unspecified atom stereocenters. The van der Waals surface area contributed by atoms with Crippen molar-refractivity contribution in [1.29, 1.82) is 0 Å². The van der Waals surface area contributed by atoms with Gasteiger partial charge in [0, 0.05) is 31.6 Å². The van der Waals surface area contributed by atoms with Crippen LogP contribution >= 0.6 is 11.3 Å². The Bertz CT molecular complexity index is 1100. The van der Waals surface area contributed by atoms with Crippen molar-refractivity contribution in [3.8, 4) is 0 Å². The number of benzene rings is 1. The number of nitrogens with zero attached hydrogens (tertiary/aromatic N) is 2. The molecule has 0 spiro atoms. The molecule has 0 radical (unpaired) electrons. The molecule has 1 aromatic carbocycles. The summed E-state index contributed by atoms with van der Waals surface area (Å²) in [5, 5.41) is 3.70. The van der Waals surface area contributed by atoms with E-state index in [9.17, 15) is 9.59 Å². The van der Waals surface area contributed by atoms with Gasteiger partial charge < -0.3 is 15.2 Å². The molecule has 0 atom stereocenters. The highest BCUT2D eigenvalue weighted by atomic mass is 32.1. The summed E-state index contributed by atoms with van der Waals surface area (Å²) in [4.78, 5) is 36.9. The van der Waals surface area contributed by atoms with E-state index in [2.05, 4.69) is 34.0 Å². The van der Waals surface area contributed by atoms with Gasteiger partial charge in [-0.25, -0.2) is 4.98 Å². The van der Waals surface area contributed by atoms with E-state index in [4.69, 9.17) is 0 Å². The number of hydrogen-bond donors (Lipinski definition) is 2. The van der Waals surface area contributed by atoms with E-state index in [0.29, 0.717) is 38.9 Å². The van der Waals surface area contributed by atoms with E-state index in [-0.39, 0.29) is 17.5 Å². The molecule has 1 aliphatic rings. The Hall–Kier alpha value is -2.51. The average Bonchev–Trinajstić information content (AvgIpc) is 3.06. The summed E-state index contributed by atoms with van der Waals surface area (Å²) < 4.78 is 0. The number of aryl methyl sites for hydroxylation is 1. The molecule has 3 heterocycles. The number of H-pyrrole nitrogens is 1. The van der Waals surface area contributed by atoms with Gasteiger partial charge in [-0.05, 0) is 44.7 Å². The molecule has 0 bridgehead atoms. The normalized spacial score (nSPS) is 15.7. The monoisotopic (exact) mass is 424 g/mol. The van der Waals surface area contributed by atoms with Crippen LogP contribution in [0.15, 0.2) is 35.1 Å². The van der Waals surface area contributed by atoms with Crippen LogP contribution in [0.5, 0.6) is 0 Å². The highest BCUT2D eigenvalue weighted by Crippen LogP contribution is 2.27. The van der Waals surface area contributed by atoms with Crippen molar-refractivity contribution in [3.63, 3.8) is 0 Å². The van der Waals surface area contributed by atoms with Crippen LogP contribution in [0.2, 0.25) is 0 Å². The van der Waals surface area contributed by atoms with Gasteiger partial charge in [-0.15, -0.1) is 11.3 Å². The molecule has 30 heavy (non-hydrogen) atoms. The number of nitrogens with one attached hydrogen (secondary N) is 2. The summed E-state index contributed by atoms with van der Waals surface area (Å²) in [5.74, 6) is 0.524. The first-order valence-corrected chi connectivity index (χ1v) is 11.3. The first-order chi connectivity index (χ1) is 14.4. The molecule has 1 amide bonds. The standard InChI is InChI=1S/C23H28N4O2S/c1-14(2)27-11-9-17(10-12-27)24-22(29)20-15(3)19-21(28)25-18(26-23(19)30-20)13-16-7-5-4-6-8-16/h4-8,14,17H,9-13H2,1-3H3,(H,24,29)(H,25,26,28). The minimum Gasteiger partial charge on any atom is -0.349 e. The van der Waals surface area contributed by atoms with Crippen LogP contribution < -0.4 is 10.9 Å². The number of fused-ring (bicyclic) bond motifs is 1. The number of thiophene rings is 1. The van der Waals surface area contributed by atoms with Gasteiger partial charge in [0.05, 0.1) is 10.3 Å². The van der Waals surface area contributed by atoms with E-state index in [1.54, 1.807) is 0 Å². The molecule has 158 valence electrons. The predicted octanol–water partition coefficient (Wildman–Crippen LogP) is 3.49. The Balaban J connectivity index is 1.53. The summed E-state index contributed by atoms with van der Waals surface area (Å²) >= 11 is 1.31. The van der Waals surface area contributed by atoms with Gasteiger partial charge in [0.25, 0.3) is 11.5 Å². The first-order valence-electron chi connectivity index (χ1n) is 10.5. The van der Waals surface area contributed by atoms with Crippen molar-refractivity contribution >= 4 is 27.5 Å². The SMILES string of the molecule is Cc1c(C(=O)NC2CCN(C(C)C)CC2)sc2nc(Cc3ccccc3)[nH]c(=O)c12. The fraction of sp³-hybridized carbons (Fsp3) is 0.435. The number of rotatable bonds is 5. The molecule has 1 aliphatic heterocycles. The van der Waals surface area contributed by atoms with Gasteiger partial charge in [-0.1, -0.05) is 30.3 Å². The second-order valence-corrected chi connectivity index (χ2v) is 9.29. The van der Waals surface area contributed by atoms with Gasteiger partial charge in [-0.2, -0.15) is 0 Å². The van der Waals surface area contributed by atoms with E-state index in [0.717, 1.165) is 31.5 Å². The maximum absolute atomic E-state index is 13.0. The minimum absolute atomic E-state index is 0.0949. The van der Waals surface area contributed by atoms with Crippen molar-refractivity contribution in [1.82, 2.24) is 20.2 Å². The van der Waals surface area contributed by atoms with Crippen LogP contribution in [0, 0.1) is 6.92 Å². The average molecular weight is 425 g/mol. The van der Waals surface area contributed by atoms with Crippen LogP contribution in [0.4, 0.5) is 0 Å². The summed E-state index contributed by atoms with van der Waals surface area (Å²) in [7, 11) is 0. The number of piperidine rings is 1. The lowest BCUT2D eigenvalue weighted by molar-refractivity contribution is 0.0904. The van der Waals surface area contributed by atoms with E-state index in [1.165, 1.54) is 11.3 Å². The highest BCUT2D eigenvalue weighted by Gasteiger charge is 2.25. The molecule has 0 aliphatic carbocycles. The van der Waals surface area contributed by atoms with Crippen LogP contribution in [-0.4, -0.2) is 45.9 Å². The van der Waals surface area contributed by atoms with Crippen molar-refractivity contribution in [2.45, 2.75) is 52.1 Å². The Labute approximate surface area is 180 Å². The topological polar surface area (TPSA) is 78.1 Å². The maximum Gasteiger partial charge on any atom is 0.261 e. The van der Waals surface area contributed by atoms with Crippen molar-refractivity contribution in [2.75, 3.05) is 13.1 Å². The smallest absolute Gasteiger partial charge is 0.261 e. The molecular weight excluding hydrogens is 396 g/mol. The van der Waals surface area contributed by atoms with Gasteiger partial charge in [0.15, 0.2) is 0 Å². The number of carbonyl (C=O) groups is 1. The number of carbonyl (C=O) groups excluding carboxylic acids is 1. The fourth-order valence-electron chi connectivity index (χ4n) is 4.09. The third-order valence-corrected chi connectivity index (χ3v) is 7.05. The van der Waals surface area contributed by atoms with Crippen LogP contribution in [-0.2, 0) is 6.42 Å². The zero-order valence-electron chi connectivity index (χ0n) is 17.7. The number of likely N-dealkylation sites (tertiary alicyclic amines) is 1. The highest BCUT2D eigenvalue weighted by molar-refractivity contribution is 7.20. The van der Waals surface area contributed by atoms with Gasteiger partial charge in [0.2, 0.25) is 0 Å². The van der Waals surface area contributed by atoms with Crippen LogP contribution in [0.1, 0.15) is 53.3 Å². The summed E-state index contributed by atoms with van der Waals surface area (Å²) in [6.45, 7) is 8.24. The number of amides is 1. The number of aromatic nitrogens is 2. The van der Waals surface area contributed by atoms with E-state index >= 15 is 0 Å². The molecule has 1 saturated heterocycles. The Morgan fingerprint density at radius 3 is 2.63 bits per heavy atom. The van der Waals surface area contributed by atoms with Crippen LogP contribution in [0.3, 0.4) is 0 Å². The van der Waals surface area contributed by atoms with Gasteiger partial charge in [0.1, 0.15) is 10.7 Å². The summed E-state index contributed by atoms with van der Waals surface area (Å²) in [6.07, 6.45) is 2.46. The van der Waals surface area contributed by atoms with Crippen LogP contribution in [0.25, 0.3) is 10.2 Å². The molecule has 2 N–H and O–H groups in total. The number of aromatic amines is 1. The zero-order chi connectivity index (χ0) is 21.3. The third-order valence-electron chi connectivity index (χ3n) is 5.87. The van der Waals surface area contributed by atoms with Crippen molar-refractivity contribution in [2.24, 2.45) is 0 Å². The summed E-state index contributed by atoms with van der Waals surface area (Å²) in [5.41, 5.74) is 1.62. The molecule has 3 aromatic rings. The largest absolute Gasteiger partial charge is 0.349 e. The quantitative estimate of drug-likeness (QED) is 0.657. The Kier molecular flexibility index (Phi) is 6.01. The predicted molar refractivity (Wildman–Crippen MR) is 121 cm³/mol. The minimum atomic E-state index is -0.177. The fourth-order valence-corrected chi connectivity index (χ4v) is 5.19. The van der Waals surface area contributed by atoms with Gasteiger partial charge >= 0.3 is 0 Å². The Morgan fingerprint density at radius 2 is 1.97 bits per heavy atom. The molecule has 6 nitrogen and oxygen atoms in total. The molecule has 0 saturated carbocycles. The van der Waals surface area contributed by atoms with E-state index in [1.807, 2.05) is 37.3 Å². The second-order valence-electron chi connectivity index (χ2n) is 8.29. The second kappa shape index (κ2) is 8.70. The molecule has 7 heteroatoms. The first kappa shape index (κ1) is 20.8.